The molecule has 0 saturated carbocycles. The van der Waals surface area contributed by atoms with Crippen molar-refractivity contribution < 1.29 is 0 Å². The Morgan fingerprint density at radius 2 is 1.26 bits per heavy atom. The highest BCUT2D eigenvalue weighted by atomic mass is 32.1. The van der Waals surface area contributed by atoms with E-state index < -0.39 is 0 Å². The molecule has 0 aliphatic rings. The molecule has 0 amide bonds. The lowest BCUT2D eigenvalue weighted by Gasteiger charge is -2.15. The van der Waals surface area contributed by atoms with Crippen molar-refractivity contribution in [1.82, 2.24) is 9.97 Å². The lowest BCUT2D eigenvalue weighted by molar-refractivity contribution is 0.604. The number of aromatic nitrogens is 2. The first-order chi connectivity index (χ1) is 14.5. The Morgan fingerprint density at radius 3 is 1.87 bits per heavy atom. The van der Waals surface area contributed by atoms with Crippen LogP contribution in [-0.4, -0.2) is 9.97 Å². The molecule has 4 heterocycles. The molecule has 5 aromatic rings. The number of hydrogen-bond donors (Lipinski definition) is 0. The number of thiophene rings is 3. The van der Waals surface area contributed by atoms with E-state index in [1.54, 1.807) is 0 Å². The smallest absolute Gasteiger partial charge is 0.108 e. The van der Waals surface area contributed by atoms with Crippen LogP contribution < -0.4 is 0 Å². The Bertz CT molecular complexity index is 1470. The SMILES string of the molecule is Cc1c(C)c2cc(C(C)(C)C)sc2c2sc(-c3sc(C(C)(C)C)c4nccnc34)cc12. The minimum Gasteiger partial charge on any atom is -0.252 e. The molecule has 0 bridgehead atoms. The highest BCUT2D eigenvalue weighted by molar-refractivity contribution is 7.31. The maximum Gasteiger partial charge on any atom is 0.108 e. The third-order valence-corrected chi connectivity index (χ3v) is 10.7. The van der Waals surface area contributed by atoms with Gasteiger partial charge in [-0.15, -0.1) is 34.0 Å². The Morgan fingerprint density at radius 1 is 0.677 bits per heavy atom. The third-order valence-electron chi connectivity index (χ3n) is 6.02. The summed E-state index contributed by atoms with van der Waals surface area (Å²) in [5.41, 5.74) is 5.10. The quantitative estimate of drug-likeness (QED) is 0.247. The van der Waals surface area contributed by atoms with E-state index in [2.05, 4.69) is 67.5 Å². The Labute approximate surface area is 196 Å². The fraction of sp³-hybridized carbons (Fsp3) is 0.385. The molecule has 0 N–H and O–H groups in total. The van der Waals surface area contributed by atoms with Crippen molar-refractivity contribution >= 4 is 65.2 Å². The zero-order valence-electron chi connectivity index (χ0n) is 19.4. The number of hydrogen-bond acceptors (Lipinski definition) is 5. The van der Waals surface area contributed by atoms with Gasteiger partial charge < -0.3 is 0 Å². The van der Waals surface area contributed by atoms with E-state index in [4.69, 9.17) is 9.97 Å². The minimum absolute atomic E-state index is 0.0447. The normalized spacial score (nSPS) is 13.2. The first-order valence-corrected chi connectivity index (χ1v) is 13.1. The van der Waals surface area contributed by atoms with Crippen LogP contribution in [0.15, 0.2) is 24.5 Å². The molecular formula is C26H28N2S3. The van der Waals surface area contributed by atoms with Gasteiger partial charge in [-0.2, -0.15) is 0 Å². The molecule has 0 aliphatic carbocycles. The standard InChI is InChI=1S/C26H28N2S3/c1-13-14(2)16-12-18(25(3,4)5)30-22(16)21-15(13)11-17(29-21)23-19-20(28-10-9-27-19)24(31-23)26(6,7)8/h9-12H,1-8H3. The van der Waals surface area contributed by atoms with Gasteiger partial charge in [0.1, 0.15) is 11.0 Å². The molecule has 0 radical (unpaired) electrons. The van der Waals surface area contributed by atoms with Crippen molar-refractivity contribution in [3.05, 3.63) is 45.4 Å². The van der Waals surface area contributed by atoms with E-state index in [-0.39, 0.29) is 10.8 Å². The van der Waals surface area contributed by atoms with Gasteiger partial charge in [0.05, 0.1) is 14.3 Å². The average molecular weight is 465 g/mol. The largest absolute Gasteiger partial charge is 0.252 e. The van der Waals surface area contributed by atoms with Crippen LogP contribution >= 0.6 is 34.0 Å². The topological polar surface area (TPSA) is 25.8 Å². The van der Waals surface area contributed by atoms with Gasteiger partial charge in [0.15, 0.2) is 0 Å². The molecule has 0 spiro atoms. The fourth-order valence-electron chi connectivity index (χ4n) is 4.11. The number of aryl methyl sites for hydroxylation is 2. The maximum absolute atomic E-state index is 4.76. The summed E-state index contributed by atoms with van der Waals surface area (Å²) in [6, 6.07) is 4.82. The monoisotopic (exact) mass is 464 g/mol. The molecule has 160 valence electrons. The second-order valence-corrected chi connectivity index (χ2v) is 13.6. The van der Waals surface area contributed by atoms with Gasteiger partial charge >= 0.3 is 0 Å². The van der Waals surface area contributed by atoms with E-state index in [0.29, 0.717) is 0 Å². The van der Waals surface area contributed by atoms with Crippen LogP contribution in [0.3, 0.4) is 0 Å². The molecule has 31 heavy (non-hydrogen) atoms. The van der Waals surface area contributed by atoms with Crippen molar-refractivity contribution in [3.63, 3.8) is 0 Å². The summed E-state index contributed by atoms with van der Waals surface area (Å²) < 4.78 is 2.85. The van der Waals surface area contributed by atoms with E-state index in [1.165, 1.54) is 50.8 Å². The van der Waals surface area contributed by atoms with Crippen LogP contribution in [0, 0.1) is 13.8 Å². The summed E-state index contributed by atoms with van der Waals surface area (Å²) in [7, 11) is 0. The summed E-state index contributed by atoms with van der Waals surface area (Å²) in [5.74, 6) is 0. The van der Waals surface area contributed by atoms with Crippen molar-refractivity contribution in [1.29, 1.82) is 0 Å². The van der Waals surface area contributed by atoms with E-state index in [0.717, 1.165) is 11.0 Å². The molecule has 5 heteroatoms. The average Bonchev–Trinajstić information content (AvgIpc) is 3.38. The van der Waals surface area contributed by atoms with E-state index in [9.17, 15) is 0 Å². The molecule has 0 unspecified atom stereocenters. The molecule has 0 saturated heterocycles. The van der Waals surface area contributed by atoms with Crippen LogP contribution in [0.4, 0.5) is 0 Å². The summed E-state index contributed by atoms with van der Waals surface area (Å²) >= 11 is 5.74. The van der Waals surface area contributed by atoms with Crippen LogP contribution in [0.5, 0.6) is 0 Å². The lowest BCUT2D eigenvalue weighted by atomic mass is 9.93. The molecule has 5 rings (SSSR count). The summed E-state index contributed by atoms with van der Waals surface area (Å²) in [5, 5.41) is 2.80. The Kier molecular flexibility index (Phi) is 4.64. The second kappa shape index (κ2) is 6.84. The Hall–Kier alpha value is -1.82. The molecule has 0 fully saturated rings. The molecule has 4 aromatic heterocycles. The molecule has 1 aromatic carbocycles. The van der Waals surface area contributed by atoms with E-state index >= 15 is 0 Å². The minimum atomic E-state index is 0.0447. The zero-order chi connectivity index (χ0) is 22.3. The van der Waals surface area contributed by atoms with Crippen molar-refractivity contribution in [2.45, 2.75) is 66.2 Å². The Balaban J connectivity index is 1.83. The third kappa shape index (κ3) is 3.24. The van der Waals surface area contributed by atoms with Gasteiger partial charge in [-0.25, -0.2) is 0 Å². The predicted octanol–water partition coefficient (Wildman–Crippen LogP) is 9.00. The van der Waals surface area contributed by atoms with Gasteiger partial charge in [-0.3, -0.25) is 9.97 Å². The maximum atomic E-state index is 4.76. The van der Waals surface area contributed by atoms with Gasteiger partial charge in [-0.1, -0.05) is 41.5 Å². The van der Waals surface area contributed by atoms with E-state index in [1.807, 2.05) is 46.4 Å². The fourth-order valence-corrected chi connectivity index (χ4v) is 8.11. The highest BCUT2D eigenvalue weighted by Gasteiger charge is 2.26. The van der Waals surface area contributed by atoms with Crippen LogP contribution in [0.2, 0.25) is 0 Å². The molecule has 2 nitrogen and oxygen atoms in total. The van der Waals surface area contributed by atoms with Crippen molar-refractivity contribution in [3.8, 4) is 9.75 Å². The number of nitrogens with zero attached hydrogens (tertiary/aromatic N) is 2. The van der Waals surface area contributed by atoms with Crippen LogP contribution in [0.1, 0.15) is 62.4 Å². The lowest BCUT2D eigenvalue weighted by Crippen LogP contribution is -2.09. The molecular weight excluding hydrogens is 437 g/mol. The first-order valence-electron chi connectivity index (χ1n) is 10.7. The number of rotatable bonds is 1. The summed E-state index contributed by atoms with van der Waals surface area (Å²) in [4.78, 5) is 14.8. The highest BCUT2D eigenvalue weighted by Crippen LogP contribution is 2.49. The van der Waals surface area contributed by atoms with Crippen molar-refractivity contribution in [2.24, 2.45) is 0 Å². The zero-order valence-corrected chi connectivity index (χ0v) is 21.9. The van der Waals surface area contributed by atoms with Crippen LogP contribution in [-0.2, 0) is 10.8 Å². The van der Waals surface area contributed by atoms with Gasteiger partial charge in [0.2, 0.25) is 0 Å². The van der Waals surface area contributed by atoms with Gasteiger partial charge in [0.25, 0.3) is 0 Å². The second-order valence-electron chi connectivity index (χ2n) is 10.5. The van der Waals surface area contributed by atoms with Crippen molar-refractivity contribution in [2.75, 3.05) is 0 Å². The number of fused-ring (bicyclic) bond motifs is 4. The van der Waals surface area contributed by atoms with Crippen LogP contribution in [0.25, 0.3) is 41.0 Å². The molecule has 0 atom stereocenters. The molecule has 0 aliphatic heterocycles. The van der Waals surface area contributed by atoms with Gasteiger partial charge in [0, 0.05) is 27.0 Å². The predicted molar refractivity (Wildman–Crippen MR) is 140 cm³/mol. The van der Waals surface area contributed by atoms with Gasteiger partial charge in [-0.05, 0) is 58.7 Å². The summed E-state index contributed by atoms with van der Waals surface area (Å²) in [6.07, 6.45) is 3.64. The first kappa shape index (κ1) is 21.0. The summed E-state index contributed by atoms with van der Waals surface area (Å²) in [6.45, 7) is 18.3. The number of benzene rings is 1.